The highest BCUT2D eigenvalue weighted by Crippen LogP contribution is 2.57. The fourth-order valence-corrected chi connectivity index (χ4v) is 9.18. The summed E-state index contributed by atoms with van der Waals surface area (Å²) in [6.45, 7) is 4.80. The quantitative estimate of drug-likeness (QED) is 0.166. The fourth-order valence-electron chi connectivity index (χ4n) is 9.18. The molecular weight excluding hydrogens is 691 g/mol. The molecular formula is C54H37N3. The van der Waals surface area contributed by atoms with E-state index in [9.17, 15) is 0 Å². The number of rotatable bonds is 5. The topological polar surface area (TPSA) is 38.7 Å². The molecule has 10 aromatic rings. The maximum Gasteiger partial charge on any atom is 0.164 e. The van der Waals surface area contributed by atoms with Crippen LogP contribution in [0.5, 0.6) is 0 Å². The molecule has 0 atom stereocenters. The van der Waals surface area contributed by atoms with Crippen molar-refractivity contribution in [1.82, 2.24) is 15.0 Å². The Kier molecular flexibility index (Phi) is 7.52. The standard InChI is InChI=1S/C54H37N3/c1-54(2)47-33-46(42-24-10-12-25-43(42)48(47)49-44-26-13-9-22-40(44)41-23-11-14-27-45(41)50(49)54)35-28-30-37(31-29-35)52-55-51(36-18-7-4-8-19-36)56-53(57-52)39-21-15-20-38(32-39)34-16-5-3-6-17-34/h3-33H,1-2H3. The largest absolute Gasteiger partial charge is 0.208 e. The average molecular weight is 728 g/mol. The zero-order valence-corrected chi connectivity index (χ0v) is 31.7. The lowest BCUT2D eigenvalue weighted by Crippen LogP contribution is -2.16. The zero-order chi connectivity index (χ0) is 38.1. The van der Waals surface area contributed by atoms with Crippen LogP contribution in [0.15, 0.2) is 188 Å². The molecule has 1 aromatic heterocycles. The van der Waals surface area contributed by atoms with Crippen molar-refractivity contribution in [2.45, 2.75) is 19.3 Å². The van der Waals surface area contributed by atoms with Crippen LogP contribution >= 0.6 is 0 Å². The van der Waals surface area contributed by atoms with E-state index in [1.165, 1.54) is 60.1 Å². The van der Waals surface area contributed by atoms with E-state index in [1.54, 1.807) is 0 Å². The molecule has 0 saturated heterocycles. The van der Waals surface area contributed by atoms with E-state index in [4.69, 9.17) is 15.0 Å². The molecule has 0 unspecified atom stereocenters. The molecule has 1 aliphatic rings. The highest BCUT2D eigenvalue weighted by atomic mass is 15.0. The minimum absolute atomic E-state index is 0.208. The first-order valence-corrected chi connectivity index (χ1v) is 19.6. The maximum atomic E-state index is 5.10. The van der Waals surface area contributed by atoms with Gasteiger partial charge >= 0.3 is 0 Å². The number of benzene rings is 9. The molecule has 0 amide bonds. The summed E-state index contributed by atoms with van der Waals surface area (Å²) < 4.78 is 0. The van der Waals surface area contributed by atoms with E-state index in [2.05, 4.69) is 178 Å². The van der Waals surface area contributed by atoms with Gasteiger partial charge in [0.1, 0.15) is 0 Å². The molecule has 3 nitrogen and oxygen atoms in total. The number of nitrogens with zero attached hydrogens (tertiary/aromatic N) is 3. The number of aromatic nitrogens is 3. The first-order valence-electron chi connectivity index (χ1n) is 19.6. The molecule has 0 fully saturated rings. The lowest BCUT2D eigenvalue weighted by molar-refractivity contribution is 0.667. The Hall–Kier alpha value is -7.23. The van der Waals surface area contributed by atoms with Crippen LogP contribution < -0.4 is 0 Å². The minimum Gasteiger partial charge on any atom is -0.208 e. The van der Waals surface area contributed by atoms with Gasteiger partial charge in [0.25, 0.3) is 0 Å². The van der Waals surface area contributed by atoms with Crippen LogP contribution in [0.25, 0.3) is 99.9 Å². The predicted octanol–water partition coefficient (Wildman–Crippen LogP) is 14.0. The summed E-state index contributed by atoms with van der Waals surface area (Å²) in [5.74, 6) is 1.94. The molecule has 11 rings (SSSR count). The highest BCUT2D eigenvalue weighted by Gasteiger charge is 2.40. The van der Waals surface area contributed by atoms with Crippen molar-refractivity contribution in [1.29, 1.82) is 0 Å². The Bertz CT molecular complexity index is 3180. The fraction of sp³-hybridized carbons (Fsp3) is 0.0556. The van der Waals surface area contributed by atoms with Gasteiger partial charge in [-0.25, -0.2) is 15.0 Å². The Morgan fingerprint density at radius 2 is 0.754 bits per heavy atom. The van der Waals surface area contributed by atoms with Gasteiger partial charge in [-0.05, 0) is 89.0 Å². The monoisotopic (exact) mass is 727 g/mol. The number of hydrogen-bond donors (Lipinski definition) is 0. The summed E-state index contributed by atoms with van der Waals surface area (Å²) in [4.78, 5) is 15.2. The number of fused-ring (bicyclic) bond motifs is 10. The van der Waals surface area contributed by atoms with Gasteiger partial charge in [-0.2, -0.15) is 0 Å². The maximum absolute atomic E-state index is 5.10. The molecule has 1 aliphatic carbocycles. The van der Waals surface area contributed by atoms with Crippen molar-refractivity contribution < 1.29 is 0 Å². The van der Waals surface area contributed by atoms with E-state index in [-0.39, 0.29) is 5.41 Å². The van der Waals surface area contributed by atoms with Crippen molar-refractivity contribution in [3.05, 3.63) is 199 Å². The molecule has 9 aromatic carbocycles. The summed E-state index contributed by atoms with van der Waals surface area (Å²) in [5.41, 5.74) is 12.8. The Balaban J connectivity index is 1.06. The van der Waals surface area contributed by atoms with Gasteiger partial charge in [-0.3, -0.25) is 0 Å². The molecule has 0 radical (unpaired) electrons. The summed E-state index contributed by atoms with van der Waals surface area (Å²) in [5, 5.41) is 7.80. The second-order valence-electron chi connectivity index (χ2n) is 15.6. The Morgan fingerprint density at radius 3 is 1.40 bits per heavy atom. The second kappa shape index (κ2) is 12.9. The third-order valence-electron chi connectivity index (χ3n) is 11.9. The lowest BCUT2D eigenvalue weighted by Gasteiger charge is -2.24. The van der Waals surface area contributed by atoms with Crippen molar-refractivity contribution >= 4 is 32.3 Å². The van der Waals surface area contributed by atoms with Gasteiger partial charge in [-0.1, -0.05) is 190 Å². The van der Waals surface area contributed by atoms with Crippen molar-refractivity contribution in [3.8, 4) is 67.5 Å². The van der Waals surface area contributed by atoms with Crippen molar-refractivity contribution in [3.63, 3.8) is 0 Å². The first kappa shape index (κ1) is 33.1. The van der Waals surface area contributed by atoms with Crippen LogP contribution in [0.4, 0.5) is 0 Å². The molecule has 1 heterocycles. The summed E-state index contributed by atoms with van der Waals surface area (Å²) >= 11 is 0. The summed E-state index contributed by atoms with van der Waals surface area (Å²) in [7, 11) is 0. The van der Waals surface area contributed by atoms with Crippen molar-refractivity contribution in [2.75, 3.05) is 0 Å². The molecule has 0 bridgehead atoms. The van der Waals surface area contributed by atoms with Crippen molar-refractivity contribution in [2.24, 2.45) is 0 Å². The van der Waals surface area contributed by atoms with E-state index in [0.29, 0.717) is 17.5 Å². The molecule has 0 N–H and O–H groups in total. The van der Waals surface area contributed by atoms with E-state index >= 15 is 0 Å². The molecule has 0 saturated carbocycles. The first-order chi connectivity index (χ1) is 28.0. The van der Waals surface area contributed by atoms with Crippen LogP contribution in [0, 0.1) is 0 Å². The highest BCUT2D eigenvalue weighted by molar-refractivity contribution is 6.22. The third kappa shape index (κ3) is 5.31. The van der Waals surface area contributed by atoms with Crippen LogP contribution in [0.1, 0.15) is 25.0 Å². The SMILES string of the molecule is CC1(C)c2cc(-c3ccc(-c4nc(-c5ccccc5)nc(-c5cccc(-c6ccccc6)c5)n4)cc3)c3ccccc3c2-c2c1c1ccccc1c1ccccc21. The van der Waals surface area contributed by atoms with Crippen LogP contribution in [-0.4, -0.2) is 15.0 Å². The second-order valence-corrected chi connectivity index (χ2v) is 15.6. The van der Waals surface area contributed by atoms with E-state index in [0.717, 1.165) is 33.4 Å². The van der Waals surface area contributed by atoms with Gasteiger partial charge in [0.15, 0.2) is 17.5 Å². The average Bonchev–Trinajstić information content (AvgIpc) is 3.53. The summed E-state index contributed by atoms with van der Waals surface area (Å²) in [6.07, 6.45) is 0. The van der Waals surface area contributed by atoms with E-state index in [1.807, 2.05) is 24.3 Å². The molecule has 3 heteroatoms. The zero-order valence-electron chi connectivity index (χ0n) is 31.7. The van der Waals surface area contributed by atoms with Gasteiger partial charge < -0.3 is 0 Å². The van der Waals surface area contributed by atoms with E-state index < -0.39 is 0 Å². The predicted molar refractivity (Wildman–Crippen MR) is 237 cm³/mol. The molecule has 57 heavy (non-hydrogen) atoms. The van der Waals surface area contributed by atoms with Gasteiger partial charge in [0.05, 0.1) is 0 Å². The van der Waals surface area contributed by atoms with Gasteiger partial charge in [0.2, 0.25) is 0 Å². The van der Waals surface area contributed by atoms with Crippen LogP contribution in [0.2, 0.25) is 0 Å². The Labute approximate surface area is 332 Å². The van der Waals surface area contributed by atoms with Gasteiger partial charge in [-0.15, -0.1) is 0 Å². The third-order valence-corrected chi connectivity index (χ3v) is 11.9. The molecule has 0 spiro atoms. The van der Waals surface area contributed by atoms with Crippen LogP contribution in [-0.2, 0) is 5.41 Å². The lowest BCUT2D eigenvalue weighted by atomic mass is 9.78. The van der Waals surface area contributed by atoms with Crippen LogP contribution in [0.3, 0.4) is 0 Å². The minimum atomic E-state index is -0.208. The smallest absolute Gasteiger partial charge is 0.164 e. The summed E-state index contributed by atoms with van der Waals surface area (Å²) in [6, 6.07) is 67.1. The normalized spacial score (nSPS) is 12.9. The molecule has 0 aliphatic heterocycles. The Morgan fingerprint density at radius 1 is 0.316 bits per heavy atom. The van der Waals surface area contributed by atoms with Gasteiger partial charge in [0, 0.05) is 22.1 Å². The number of hydrogen-bond acceptors (Lipinski definition) is 3. The molecule has 268 valence electrons.